The van der Waals surface area contributed by atoms with E-state index < -0.39 is 0 Å². The lowest BCUT2D eigenvalue weighted by molar-refractivity contribution is -0.114. The van der Waals surface area contributed by atoms with Gasteiger partial charge in [0.05, 0.1) is 5.69 Å². The Bertz CT molecular complexity index is 902. The largest absolute Gasteiger partial charge is 0.302 e. The van der Waals surface area contributed by atoms with E-state index in [1.165, 1.54) is 53.3 Å². The maximum atomic E-state index is 11.1. The van der Waals surface area contributed by atoms with E-state index in [-0.39, 0.29) is 5.91 Å². The van der Waals surface area contributed by atoms with Crippen molar-refractivity contribution < 1.29 is 4.79 Å². The highest BCUT2D eigenvalue weighted by Crippen LogP contribution is 2.39. The second-order valence-corrected chi connectivity index (χ2v) is 8.59. The van der Waals surface area contributed by atoms with E-state index in [9.17, 15) is 4.79 Å². The summed E-state index contributed by atoms with van der Waals surface area (Å²) in [5.74, 6) is 0.651. The van der Waals surface area contributed by atoms with Crippen LogP contribution in [0.25, 0.3) is 10.2 Å². The van der Waals surface area contributed by atoms with Crippen LogP contribution < -0.4 is 5.32 Å². The Morgan fingerprint density at radius 1 is 1.33 bits per heavy atom. The number of hydrogen-bond donors (Lipinski definition) is 1. The van der Waals surface area contributed by atoms with Crippen molar-refractivity contribution in [2.45, 2.75) is 43.4 Å². The summed E-state index contributed by atoms with van der Waals surface area (Å²) in [5, 5.41) is 7.66. The van der Waals surface area contributed by atoms with Crippen molar-refractivity contribution in [1.82, 2.24) is 15.0 Å². The summed E-state index contributed by atoms with van der Waals surface area (Å²) in [5.41, 5.74) is 2.42. The van der Waals surface area contributed by atoms with Gasteiger partial charge in [-0.3, -0.25) is 4.79 Å². The molecule has 0 spiro atoms. The molecule has 8 heteroatoms. The Morgan fingerprint density at radius 3 is 3.08 bits per heavy atom. The zero-order valence-electron chi connectivity index (χ0n) is 13.2. The normalized spacial score (nSPS) is 13.9. The van der Waals surface area contributed by atoms with E-state index in [1.54, 1.807) is 18.1 Å². The fourth-order valence-electron chi connectivity index (χ4n) is 2.89. The molecule has 0 unspecified atom stereocenters. The number of fused-ring (bicyclic) bond motifs is 3. The first-order chi connectivity index (χ1) is 11.7. The van der Waals surface area contributed by atoms with Crippen LogP contribution >= 0.6 is 34.4 Å². The minimum Gasteiger partial charge on any atom is -0.302 e. The molecule has 0 saturated heterocycles. The number of aryl methyl sites for hydroxylation is 2. The first-order valence-corrected chi connectivity index (χ1v) is 10.5. The number of amides is 1. The molecule has 5 nitrogen and oxygen atoms in total. The van der Waals surface area contributed by atoms with Gasteiger partial charge in [0, 0.05) is 28.3 Å². The molecule has 3 heterocycles. The van der Waals surface area contributed by atoms with Gasteiger partial charge in [-0.1, -0.05) is 11.8 Å². The lowest BCUT2D eigenvalue weighted by atomic mass is 9.97. The molecule has 1 amide bonds. The molecule has 0 atom stereocenters. The van der Waals surface area contributed by atoms with E-state index in [4.69, 9.17) is 0 Å². The third-order valence-corrected chi connectivity index (χ3v) is 6.94. The molecule has 1 N–H and O–H groups in total. The smallest absolute Gasteiger partial charge is 0.223 e. The molecule has 1 aliphatic carbocycles. The molecular weight excluding hydrogens is 360 g/mol. The number of nitrogens with zero attached hydrogens (tertiary/aromatic N) is 3. The molecule has 0 aliphatic heterocycles. The first-order valence-electron chi connectivity index (χ1n) is 7.81. The topological polar surface area (TPSA) is 67.8 Å². The fourth-order valence-corrected chi connectivity index (χ4v) is 5.97. The highest BCUT2D eigenvalue weighted by atomic mass is 32.2. The van der Waals surface area contributed by atoms with Gasteiger partial charge in [0.15, 0.2) is 5.13 Å². The van der Waals surface area contributed by atoms with Gasteiger partial charge in [0.2, 0.25) is 5.91 Å². The van der Waals surface area contributed by atoms with E-state index in [1.807, 2.05) is 16.7 Å². The predicted molar refractivity (Wildman–Crippen MR) is 100 cm³/mol. The van der Waals surface area contributed by atoms with Crippen LogP contribution in [0, 0.1) is 0 Å². The highest BCUT2D eigenvalue weighted by molar-refractivity contribution is 7.98. The number of thioether (sulfide) groups is 1. The highest BCUT2D eigenvalue weighted by Gasteiger charge is 2.20. The van der Waals surface area contributed by atoms with Crippen molar-refractivity contribution in [1.29, 1.82) is 0 Å². The van der Waals surface area contributed by atoms with Crippen molar-refractivity contribution in [3.05, 3.63) is 27.8 Å². The maximum Gasteiger partial charge on any atom is 0.223 e. The molecule has 124 valence electrons. The lowest BCUT2D eigenvalue weighted by Crippen LogP contribution is -2.05. The fraction of sp³-hybridized carbons (Fsp3) is 0.375. The summed E-state index contributed by atoms with van der Waals surface area (Å²) < 4.78 is 0. The van der Waals surface area contributed by atoms with Crippen LogP contribution in [0.15, 0.2) is 16.7 Å². The summed E-state index contributed by atoms with van der Waals surface area (Å²) in [6.07, 6.45) is 6.51. The van der Waals surface area contributed by atoms with Crippen LogP contribution in [-0.2, 0) is 23.4 Å². The number of nitrogens with one attached hydrogen (secondary N) is 1. The maximum absolute atomic E-state index is 11.1. The Labute approximate surface area is 151 Å². The Morgan fingerprint density at radius 2 is 2.21 bits per heavy atom. The molecule has 0 fully saturated rings. The second-order valence-electron chi connectivity index (χ2n) is 5.68. The van der Waals surface area contributed by atoms with Crippen molar-refractivity contribution in [2.75, 3.05) is 5.32 Å². The molecule has 0 bridgehead atoms. The standard InChI is InChI=1S/C16H16N4OS3/c1-9(21)19-16-20-10(7-23-16)6-22-14-13-11-4-2-3-5-12(11)24-15(13)18-8-17-14/h7-8H,2-6H2,1H3,(H,19,20,21). The van der Waals surface area contributed by atoms with E-state index in [0.29, 0.717) is 5.13 Å². The predicted octanol–water partition coefficient (Wildman–Crippen LogP) is 4.28. The van der Waals surface area contributed by atoms with Gasteiger partial charge >= 0.3 is 0 Å². The average Bonchev–Trinajstić information content (AvgIpc) is 3.16. The average molecular weight is 377 g/mol. The van der Waals surface area contributed by atoms with Crippen LogP contribution in [0.1, 0.15) is 35.9 Å². The van der Waals surface area contributed by atoms with Gasteiger partial charge in [0.1, 0.15) is 16.2 Å². The molecule has 3 aromatic rings. The molecule has 0 radical (unpaired) electrons. The summed E-state index contributed by atoms with van der Waals surface area (Å²) in [6, 6.07) is 0. The summed E-state index contributed by atoms with van der Waals surface area (Å²) >= 11 is 4.97. The third kappa shape index (κ3) is 3.18. The van der Waals surface area contributed by atoms with Crippen molar-refractivity contribution in [2.24, 2.45) is 0 Å². The van der Waals surface area contributed by atoms with Gasteiger partial charge in [-0.05, 0) is 31.2 Å². The number of carbonyl (C=O) groups is 1. The van der Waals surface area contributed by atoms with Crippen LogP contribution in [0.3, 0.4) is 0 Å². The van der Waals surface area contributed by atoms with Gasteiger partial charge in [-0.2, -0.15) is 0 Å². The number of anilines is 1. The molecule has 4 rings (SSSR count). The third-order valence-electron chi connectivity index (χ3n) is 3.91. The zero-order chi connectivity index (χ0) is 16.5. The zero-order valence-corrected chi connectivity index (χ0v) is 15.6. The van der Waals surface area contributed by atoms with Crippen molar-refractivity contribution >= 4 is 55.7 Å². The summed E-state index contributed by atoms with van der Waals surface area (Å²) in [6.45, 7) is 1.49. The second kappa shape index (κ2) is 6.78. The molecule has 0 saturated carbocycles. The minimum absolute atomic E-state index is 0.0917. The van der Waals surface area contributed by atoms with Gasteiger partial charge < -0.3 is 5.32 Å². The van der Waals surface area contributed by atoms with Gasteiger partial charge in [0.25, 0.3) is 0 Å². The number of thiophene rings is 1. The molecule has 0 aromatic carbocycles. The van der Waals surface area contributed by atoms with Crippen molar-refractivity contribution in [3.8, 4) is 0 Å². The number of rotatable bonds is 4. The lowest BCUT2D eigenvalue weighted by Gasteiger charge is -2.11. The Kier molecular flexibility index (Phi) is 4.51. The van der Waals surface area contributed by atoms with E-state index in [0.717, 1.165) is 27.7 Å². The first kappa shape index (κ1) is 16.0. The molecule has 3 aromatic heterocycles. The quantitative estimate of drug-likeness (QED) is 0.544. The SMILES string of the molecule is CC(=O)Nc1nc(CSc2ncnc3sc4c(c23)CCCC4)cs1. The number of hydrogen-bond acceptors (Lipinski definition) is 7. The molecular formula is C16H16N4OS3. The Balaban J connectivity index is 1.57. The molecule has 1 aliphatic rings. The van der Waals surface area contributed by atoms with Gasteiger partial charge in [-0.15, -0.1) is 22.7 Å². The number of carbonyl (C=O) groups excluding carboxylic acids is 1. The van der Waals surface area contributed by atoms with Crippen LogP contribution in [0.5, 0.6) is 0 Å². The number of aromatic nitrogens is 3. The minimum atomic E-state index is -0.0917. The van der Waals surface area contributed by atoms with E-state index in [2.05, 4.69) is 20.3 Å². The Hall–Kier alpha value is -1.51. The summed E-state index contributed by atoms with van der Waals surface area (Å²) in [7, 11) is 0. The van der Waals surface area contributed by atoms with Crippen LogP contribution in [0.2, 0.25) is 0 Å². The number of thiazole rings is 1. The van der Waals surface area contributed by atoms with E-state index >= 15 is 0 Å². The van der Waals surface area contributed by atoms with Crippen LogP contribution in [0.4, 0.5) is 5.13 Å². The summed E-state index contributed by atoms with van der Waals surface area (Å²) in [4.78, 5) is 27.1. The van der Waals surface area contributed by atoms with Gasteiger partial charge in [-0.25, -0.2) is 15.0 Å². The van der Waals surface area contributed by atoms with Crippen molar-refractivity contribution in [3.63, 3.8) is 0 Å². The van der Waals surface area contributed by atoms with Crippen LogP contribution in [-0.4, -0.2) is 20.9 Å². The molecule has 24 heavy (non-hydrogen) atoms. The monoisotopic (exact) mass is 376 g/mol.